The SMILES string of the molecule is Fc1cc2nc(NCCCN3CCOCC3)ccc2cc1Br. The lowest BCUT2D eigenvalue weighted by molar-refractivity contribution is 0.0378. The van der Waals surface area contributed by atoms with Gasteiger partial charge in [0.2, 0.25) is 0 Å². The predicted molar refractivity (Wildman–Crippen MR) is 89.8 cm³/mol. The maximum Gasteiger partial charge on any atom is 0.139 e. The lowest BCUT2D eigenvalue weighted by atomic mass is 10.2. The molecule has 0 saturated carbocycles. The smallest absolute Gasteiger partial charge is 0.139 e. The molecule has 1 aliphatic rings. The summed E-state index contributed by atoms with van der Waals surface area (Å²) in [4.78, 5) is 6.86. The van der Waals surface area contributed by atoms with Crippen LogP contribution in [0, 0.1) is 5.82 Å². The quantitative estimate of drug-likeness (QED) is 0.823. The van der Waals surface area contributed by atoms with Crippen LogP contribution in [-0.4, -0.2) is 49.3 Å². The van der Waals surface area contributed by atoms with Crippen LogP contribution in [0.25, 0.3) is 10.9 Å². The Hall–Kier alpha value is -1.24. The Kier molecular flexibility index (Phi) is 5.23. The number of hydrogen-bond acceptors (Lipinski definition) is 4. The van der Waals surface area contributed by atoms with Gasteiger partial charge in [0.05, 0.1) is 23.2 Å². The zero-order valence-electron chi connectivity index (χ0n) is 12.3. The van der Waals surface area contributed by atoms with Crippen molar-refractivity contribution < 1.29 is 9.13 Å². The minimum atomic E-state index is -0.288. The number of benzene rings is 1. The van der Waals surface area contributed by atoms with E-state index in [1.54, 1.807) is 6.07 Å². The first-order valence-electron chi connectivity index (χ1n) is 7.52. The fourth-order valence-corrected chi connectivity index (χ4v) is 2.92. The number of morpholine rings is 1. The van der Waals surface area contributed by atoms with E-state index in [2.05, 4.69) is 31.1 Å². The summed E-state index contributed by atoms with van der Waals surface area (Å²) in [6.07, 6.45) is 1.05. The maximum absolute atomic E-state index is 13.6. The lowest BCUT2D eigenvalue weighted by Gasteiger charge is -2.26. The molecule has 1 saturated heterocycles. The molecular formula is C16H19BrFN3O. The van der Waals surface area contributed by atoms with Gasteiger partial charge < -0.3 is 10.1 Å². The highest BCUT2D eigenvalue weighted by Crippen LogP contribution is 2.23. The first-order valence-corrected chi connectivity index (χ1v) is 8.31. The maximum atomic E-state index is 13.6. The molecule has 1 N–H and O–H groups in total. The molecule has 22 heavy (non-hydrogen) atoms. The van der Waals surface area contributed by atoms with Gasteiger partial charge in [0, 0.05) is 31.1 Å². The van der Waals surface area contributed by atoms with Gasteiger partial charge in [0.1, 0.15) is 11.6 Å². The Morgan fingerprint density at radius 2 is 2.09 bits per heavy atom. The molecule has 118 valence electrons. The highest BCUT2D eigenvalue weighted by molar-refractivity contribution is 9.10. The number of nitrogens with zero attached hydrogens (tertiary/aromatic N) is 2. The molecule has 3 rings (SSSR count). The van der Waals surface area contributed by atoms with Crippen molar-refractivity contribution in [3.63, 3.8) is 0 Å². The number of halogens is 2. The van der Waals surface area contributed by atoms with Crippen LogP contribution in [0.15, 0.2) is 28.7 Å². The fourth-order valence-electron chi connectivity index (χ4n) is 2.56. The summed E-state index contributed by atoms with van der Waals surface area (Å²) < 4.78 is 19.4. The van der Waals surface area contributed by atoms with Gasteiger partial charge in [-0.05, 0) is 47.1 Å². The van der Waals surface area contributed by atoms with Gasteiger partial charge in [-0.3, -0.25) is 4.90 Å². The van der Waals surface area contributed by atoms with Crippen LogP contribution in [-0.2, 0) is 4.74 Å². The van der Waals surface area contributed by atoms with Crippen LogP contribution < -0.4 is 5.32 Å². The molecule has 6 heteroatoms. The number of fused-ring (bicyclic) bond motifs is 1. The van der Waals surface area contributed by atoms with Crippen LogP contribution in [0.2, 0.25) is 0 Å². The fraction of sp³-hybridized carbons (Fsp3) is 0.438. The zero-order chi connectivity index (χ0) is 15.4. The molecule has 0 unspecified atom stereocenters. The number of anilines is 1. The summed E-state index contributed by atoms with van der Waals surface area (Å²) in [5.41, 5.74) is 0.666. The van der Waals surface area contributed by atoms with E-state index in [-0.39, 0.29) is 5.82 Å². The summed E-state index contributed by atoms with van der Waals surface area (Å²) >= 11 is 3.19. The van der Waals surface area contributed by atoms with E-state index in [1.165, 1.54) is 6.07 Å². The standard InChI is InChI=1S/C16H19BrFN3O/c17-13-10-12-2-3-16(20-15(12)11-14(13)18)19-4-1-5-21-6-8-22-9-7-21/h2-3,10-11H,1,4-9H2,(H,19,20). The average molecular weight is 368 g/mol. The summed E-state index contributed by atoms with van der Waals surface area (Å²) in [5, 5.41) is 4.23. The molecule has 1 fully saturated rings. The second-order valence-corrected chi connectivity index (χ2v) is 6.24. The second-order valence-electron chi connectivity index (χ2n) is 5.39. The van der Waals surface area contributed by atoms with Gasteiger partial charge in [0.15, 0.2) is 0 Å². The van der Waals surface area contributed by atoms with Crippen molar-refractivity contribution in [2.24, 2.45) is 0 Å². The Labute approximate surface area is 137 Å². The average Bonchev–Trinajstić information content (AvgIpc) is 2.54. The molecule has 0 bridgehead atoms. The van der Waals surface area contributed by atoms with Crippen LogP contribution in [0.1, 0.15) is 6.42 Å². The van der Waals surface area contributed by atoms with Gasteiger partial charge in [0.25, 0.3) is 0 Å². The summed E-state index contributed by atoms with van der Waals surface area (Å²) in [5.74, 6) is 0.501. The molecule has 1 aromatic carbocycles. The van der Waals surface area contributed by atoms with E-state index < -0.39 is 0 Å². The topological polar surface area (TPSA) is 37.4 Å². The molecule has 4 nitrogen and oxygen atoms in total. The normalized spacial score (nSPS) is 16.1. The summed E-state index contributed by atoms with van der Waals surface area (Å²) in [7, 11) is 0. The van der Waals surface area contributed by atoms with Crippen molar-refractivity contribution in [2.45, 2.75) is 6.42 Å². The van der Waals surface area contributed by atoms with Crippen molar-refractivity contribution in [1.82, 2.24) is 9.88 Å². The lowest BCUT2D eigenvalue weighted by Crippen LogP contribution is -2.37. The van der Waals surface area contributed by atoms with Crippen LogP contribution >= 0.6 is 15.9 Å². The third-order valence-electron chi connectivity index (χ3n) is 3.79. The number of rotatable bonds is 5. The molecule has 2 heterocycles. The predicted octanol–water partition coefficient (Wildman–Crippen LogP) is 3.27. The van der Waals surface area contributed by atoms with E-state index in [4.69, 9.17) is 4.74 Å². The molecule has 0 atom stereocenters. The molecule has 0 radical (unpaired) electrons. The van der Waals surface area contributed by atoms with E-state index in [0.29, 0.717) is 9.99 Å². The highest BCUT2D eigenvalue weighted by Gasteiger charge is 2.09. The Balaban J connectivity index is 1.54. The molecule has 1 aromatic heterocycles. The van der Waals surface area contributed by atoms with Gasteiger partial charge in [-0.2, -0.15) is 0 Å². The van der Waals surface area contributed by atoms with Gasteiger partial charge in [-0.15, -0.1) is 0 Å². The number of hydrogen-bond donors (Lipinski definition) is 1. The number of aromatic nitrogens is 1. The van der Waals surface area contributed by atoms with Crippen LogP contribution in [0.3, 0.4) is 0 Å². The molecule has 0 aliphatic carbocycles. The van der Waals surface area contributed by atoms with E-state index >= 15 is 0 Å². The minimum absolute atomic E-state index is 0.288. The van der Waals surface area contributed by atoms with Gasteiger partial charge in [-0.25, -0.2) is 9.37 Å². The third kappa shape index (κ3) is 3.94. The number of ether oxygens (including phenoxy) is 1. The summed E-state index contributed by atoms with van der Waals surface area (Å²) in [6.45, 7) is 5.62. The first-order chi connectivity index (χ1) is 10.7. The highest BCUT2D eigenvalue weighted by atomic mass is 79.9. The van der Waals surface area contributed by atoms with Crippen molar-refractivity contribution in [3.8, 4) is 0 Å². The van der Waals surface area contributed by atoms with Crippen molar-refractivity contribution in [1.29, 1.82) is 0 Å². The minimum Gasteiger partial charge on any atom is -0.379 e. The Bertz CT molecular complexity index is 647. The molecular weight excluding hydrogens is 349 g/mol. The third-order valence-corrected chi connectivity index (χ3v) is 4.40. The van der Waals surface area contributed by atoms with Gasteiger partial charge >= 0.3 is 0 Å². The summed E-state index contributed by atoms with van der Waals surface area (Å²) in [6, 6.07) is 7.09. The molecule has 1 aliphatic heterocycles. The molecule has 2 aromatic rings. The van der Waals surface area contributed by atoms with E-state index in [1.807, 2.05) is 12.1 Å². The Morgan fingerprint density at radius 3 is 2.91 bits per heavy atom. The monoisotopic (exact) mass is 367 g/mol. The second kappa shape index (κ2) is 7.35. The van der Waals surface area contributed by atoms with Crippen LogP contribution in [0.4, 0.5) is 10.2 Å². The zero-order valence-corrected chi connectivity index (χ0v) is 13.9. The number of nitrogens with one attached hydrogen (secondary N) is 1. The van der Waals surface area contributed by atoms with E-state index in [9.17, 15) is 4.39 Å². The Morgan fingerprint density at radius 1 is 1.27 bits per heavy atom. The molecule has 0 amide bonds. The largest absolute Gasteiger partial charge is 0.379 e. The first kappa shape index (κ1) is 15.6. The van der Waals surface area contributed by atoms with Crippen molar-refractivity contribution in [2.75, 3.05) is 44.7 Å². The molecule has 0 spiro atoms. The van der Waals surface area contributed by atoms with Crippen molar-refractivity contribution >= 4 is 32.7 Å². The van der Waals surface area contributed by atoms with Crippen molar-refractivity contribution in [3.05, 3.63) is 34.6 Å². The van der Waals surface area contributed by atoms with E-state index in [0.717, 1.165) is 57.0 Å². The number of pyridine rings is 1. The van der Waals surface area contributed by atoms with Crippen LogP contribution in [0.5, 0.6) is 0 Å². The van der Waals surface area contributed by atoms with Gasteiger partial charge in [-0.1, -0.05) is 0 Å².